The maximum atomic E-state index is 12.6. The molecule has 0 spiro atoms. The molecule has 0 aliphatic carbocycles. The van der Waals surface area contributed by atoms with E-state index in [9.17, 15) is 4.79 Å². The molecule has 7 heteroatoms. The number of aliphatic imine (C=N–C) groups is 1. The molecule has 2 aromatic rings. The van der Waals surface area contributed by atoms with Crippen LogP contribution in [0.4, 0.5) is 5.69 Å². The lowest BCUT2D eigenvalue weighted by molar-refractivity contribution is -0.125. The number of ether oxygens (including phenoxy) is 2. The minimum Gasteiger partial charge on any atom is -0.497 e. The predicted molar refractivity (Wildman–Crippen MR) is 106 cm³/mol. The van der Waals surface area contributed by atoms with Gasteiger partial charge in [-0.05, 0) is 48.4 Å². The lowest BCUT2D eigenvalue weighted by Gasteiger charge is -2.10. The molecule has 0 saturated carbocycles. The second-order valence-corrected chi connectivity index (χ2v) is 7.35. The lowest BCUT2D eigenvalue weighted by Crippen LogP contribution is -2.28. The van der Waals surface area contributed by atoms with Crippen LogP contribution in [-0.2, 0) is 11.2 Å². The zero-order valence-electron chi connectivity index (χ0n) is 14.7. The number of halogens is 1. The topological polar surface area (TPSA) is 51.1 Å². The summed E-state index contributed by atoms with van der Waals surface area (Å²) in [4.78, 5) is 18.8. The molecule has 1 heterocycles. The number of amides is 1. The van der Waals surface area contributed by atoms with Gasteiger partial charge in [-0.1, -0.05) is 29.4 Å². The molecule has 1 amide bonds. The van der Waals surface area contributed by atoms with Crippen molar-refractivity contribution in [2.75, 3.05) is 21.3 Å². The second-order valence-electron chi connectivity index (χ2n) is 5.77. The van der Waals surface area contributed by atoms with Crippen LogP contribution in [0, 0.1) is 0 Å². The molecule has 1 aliphatic heterocycles. The maximum Gasteiger partial charge on any atom is 0.242 e. The van der Waals surface area contributed by atoms with Crippen LogP contribution in [0.3, 0.4) is 0 Å². The molecule has 26 heavy (non-hydrogen) atoms. The number of thioether (sulfide) groups is 1. The summed E-state index contributed by atoms with van der Waals surface area (Å²) >= 11 is 7.64. The fourth-order valence-corrected chi connectivity index (χ4v) is 4.09. The van der Waals surface area contributed by atoms with Crippen molar-refractivity contribution in [2.45, 2.75) is 11.7 Å². The van der Waals surface area contributed by atoms with Crippen LogP contribution in [0.25, 0.3) is 0 Å². The van der Waals surface area contributed by atoms with E-state index in [0.717, 1.165) is 17.0 Å². The summed E-state index contributed by atoms with van der Waals surface area (Å²) in [5.74, 6) is 1.43. The highest BCUT2D eigenvalue weighted by molar-refractivity contribution is 8.15. The Morgan fingerprint density at radius 3 is 2.50 bits per heavy atom. The zero-order valence-corrected chi connectivity index (χ0v) is 16.3. The van der Waals surface area contributed by atoms with Crippen LogP contribution < -0.4 is 9.47 Å². The summed E-state index contributed by atoms with van der Waals surface area (Å²) in [7, 11) is 4.95. The third kappa shape index (κ3) is 3.97. The Morgan fingerprint density at radius 2 is 1.88 bits per heavy atom. The average molecular weight is 391 g/mol. The van der Waals surface area contributed by atoms with E-state index in [2.05, 4.69) is 4.99 Å². The van der Waals surface area contributed by atoms with Gasteiger partial charge in [0.1, 0.15) is 11.5 Å². The van der Waals surface area contributed by atoms with Crippen molar-refractivity contribution in [3.63, 3.8) is 0 Å². The predicted octanol–water partition coefficient (Wildman–Crippen LogP) is 4.16. The fourth-order valence-electron chi connectivity index (χ4n) is 2.62. The van der Waals surface area contributed by atoms with E-state index in [0.29, 0.717) is 22.4 Å². The van der Waals surface area contributed by atoms with E-state index in [4.69, 9.17) is 21.1 Å². The van der Waals surface area contributed by atoms with Crippen LogP contribution in [0.5, 0.6) is 11.5 Å². The highest BCUT2D eigenvalue weighted by atomic mass is 35.5. The lowest BCUT2D eigenvalue weighted by atomic mass is 10.1. The molecule has 1 aliphatic rings. The number of amidine groups is 1. The van der Waals surface area contributed by atoms with Gasteiger partial charge in [-0.25, -0.2) is 4.99 Å². The molecule has 5 nitrogen and oxygen atoms in total. The van der Waals surface area contributed by atoms with Crippen LogP contribution in [0.15, 0.2) is 47.5 Å². The fraction of sp³-hybridized carbons (Fsp3) is 0.263. The molecule has 1 atom stereocenters. The second kappa shape index (κ2) is 8.01. The first kappa shape index (κ1) is 18.6. The highest BCUT2D eigenvalue weighted by Gasteiger charge is 2.35. The van der Waals surface area contributed by atoms with E-state index in [-0.39, 0.29) is 11.2 Å². The number of benzene rings is 2. The molecule has 2 aromatic carbocycles. The molecule has 3 rings (SSSR count). The Morgan fingerprint density at radius 1 is 1.15 bits per heavy atom. The molecular weight excluding hydrogens is 372 g/mol. The minimum atomic E-state index is -0.221. The molecule has 0 aromatic heterocycles. The summed E-state index contributed by atoms with van der Waals surface area (Å²) in [5, 5.41) is 1.01. The van der Waals surface area contributed by atoms with Gasteiger partial charge in [-0.3, -0.25) is 9.69 Å². The summed E-state index contributed by atoms with van der Waals surface area (Å²) in [6.07, 6.45) is 0.583. The van der Waals surface area contributed by atoms with Gasteiger partial charge in [-0.15, -0.1) is 0 Å². The molecule has 136 valence electrons. The quantitative estimate of drug-likeness (QED) is 0.769. The third-order valence-corrected chi connectivity index (χ3v) is 5.60. The van der Waals surface area contributed by atoms with E-state index in [1.807, 2.05) is 42.5 Å². The van der Waals surface area contributed by atoms with Gasteiger partial charge < -0.3 is 9.47 Å². The van der Waals surface area contributed by atoms with Gasteiger partial charge in [-0.2, -0.15) is 0 Å². The summed E-state index contributed by atoms with van der Waals surface area (Å²) in [5.41, 5.74) is 1.77. The van der Waals surface area contributed by atoms with Crippen molar-refractivity contribution in [1.29, 1.82) is 0 Å². The van der Waals surface area contributed by atoms with Crippen molar-refractivity contribution in [3.05, 3.63) is 53.1 Å². The Hall–Kier alpha value is -2.18. The van der Waals surface area contributed by atoms with Crippen LogP contribution in [0.2, 0.25) is 5.02 Å². The van der Waals surface area contributed by atoms with Gasteiger partial charge in [0.2, 0.25) is 5.91 Å². The van der Waals surface area contributed by atoms with Crippen LogP contribution in [-0.4, -0.2) is 42.5 Å². The monoisotopic (exact) mass is 390 g/mol. The van der Waals surface area contributed by atoms with Gasteiger partial charge in [0.25, 0.3) is 0 Å². The summed E-state index contributed by atoms with van der Waals surface area (Å²) < 4.78 is 10.3. The molecule has 0 N–H and O–H groups in total. The van der Waals surface area contributed by atoms with Crippen LogP contribution >= 0.6 is 23.4 Å². The number of methoxy groups -OCH3 is 2. The Bertz CT molecular complexity index is 839. The van der Waals surface area contributed by atoms with Crippen molar-refractivity contribution in [2.24, 2.45) is 4.99 Å². The standard InChI is InChI=1S/C19H19ClN2O3S/c1-22-18(23)17(11-12-4-9-16(25-3)15(20)10-12)26-19(22)21-13-5-7-14(24-2)8-6-13/h4-10,17H,11H2,1-3H3/t17-/m1/s1. The van der Waals surface area contributed by atoms with Crippen molar-refractivity contribution >= 4 is 40.1 Å². The van der Waals surface area contributed by atoms with E-state index < -0.39 is 0 Å². The van der Waals surface area contributed by atoms with Gasteiger partial charge in [0.05, 0.1) is 30.2 Å². The van der Waals surface area contributed by atoms with Crippen LogP contribution in [0.1, 0.15) is 5.56 Å². The SMILES string of the molecule is COc1ccc(N=C2S[C@H](Cc3ccc(OC)c(Cl)c3)C(=O)N2C)cc1. The van der Waals surface area contributed by atoms with E-state index in [1.54, 1.807) is 26.2 Å². The molecule has 0 radical (unpaired) electrons. The van der Waals surface area contributed by atoms with Gasteiger partial charge in [0, 0.05) is 7.05 Å². The maximum absolute atomic E-state index is 12.6. The highest BCUT2D eigenvalue weighted by Crippen LogP contribution is 2.33. The molecular formula is C19H19ClN2O3S. The number of carbonyl (C=O) groups excluding carboxylic acids is 1. The largest absolute Gasteiger partial charge is 0.497 e. The minimum absolute atomic E-state index is 0.0363. The average Bonchev–Trinajstić information content (AvgIpc) is 2.90. The first-order valence-corrected chi connectivity index (χ1v) is 9.27. The normalized spacial score (nSPS) is 18.5. The number of hydrogen-bond donors (Lipinski definition) is 0. The first-order valence-electron chi connectivity index (χ1n) is 8.01. The molecule has 1 fully saturated rings. The summed E-state index contributed by atoms with van der Waals surface area (Å²) in [6, 6.07) is 13.0. The zero-order chi connectivity index (χ0) is 18.7. The number of rotatable bonds is 5. The smallest absolute Gasteiger partial charge is 0.242 e. The van der Waals surface area contributed by atoms with Crippen molar-refractivity contribution in [3.8, 4) is 11.5 Å². The number of carbonyl (C=O) groups is 1. The molecule has 0 bridgehead atoms. The number of nitrogens with zero attached hydrogens (tertiary/aromatic N) is 2. The Kier molecular flexibility index (Phi) is 5.74. The Balaban J connectivity index is 1.75. The first-order chi connectivity index (χ1) is 12.5. The third-order valence-electron chi connectivity index (χ3n) is 4.08. The van der Waals surface area contributed by atoms with Crippen molar-refractivity contribution < 1.29 is 14.3 Å². The number of hydrogen-bond acceptors (Lipinski definition) is 5. The van der Waals surface area contributed by atoms with Crippen molar-refractivity contribution in [1.82, 2.24) is 4.90 Å². The summed E-state index contributed by atoms with van der Waals surface area (Å²) in [6.45, 7) is 0. The van der Waals surface area contributed by atoms with E-state index >= 15 is 0 Å². The molecule has 1 saturated heterocycles. The van der Waals surface area contributed by atoms with Gasteiger partial charge >= 0.3 is 0 Å². The molecule has 0 unspecified atom stereocenters. The Labute approximate surface area is 162 Å². The van der Waals surface area contributed by atoms with Gasteiger partial charge in [0.15, 0.2) is 5.17 Å². The van der Waals surface area contributed by atoms with E-state index in [1.165, 1.54) is 11.8 Å².